The maximum Gasteiger partial charge on any atom is 0.0708 e. The summed E-state index contributed by atoms with van der Waals surface area (Å²) in [6.45, 7) is 8.06. The monoisotopic (exact) mass is 339 g/mol. The molecule has 0 spiro atoms. The molecule has 2 aromatic rings. The molecule has 1 aromatic carbocycles. The van der Waals surface area contributed by atoms with Crippen LogP contribution in [0.5, 0.6) is 0 Å². The molecule has 0 amide bonds. The molecule has 0 aliphatic carbocycles. The minimum absolute atomic E-state index is 0. The topological polar surface area (TPSA) is 28.2 Å². The number of aromatic nitrogens is 1. The normalized spacial score (nSPS) is 23.9. The van der Waals surface area contributed by atoms with Crippen LogP contribution in [0.2, 0.25) is 0 Å². The van der Waals surface area contributed by atoms with Gasteiger partial charge in [-0.15, -0.1) is 24.8 Å². The molecule has 2 aliphatic heterocycles. The summed E-state index contributed by atoms with van der Waals surface area (Å²) in [4.78, 5) is 7.26. The van der Waals surface area contributed by atoms with Gasteiger partial charge in [-0.05, 0) is 49.5 Å². The van der Waals surface area contributed by atoms with Gasteiger partial charge in [-0.2, -0.15) is 0 Å². The van der Waals surface area contributed by atoms with E-state index < -0.39 is 0 Å². The summed E-state index contributed by atoms with van der Waals surface area (Å²) in [6.07, 6.45) is 0. The third kappa shape index (κ3) is 3.23. The maximum atomic E-state index is 4.64. The molecule has 2 aliphatic rings. The number of hydrogen-bond donors (Lipinski definition) is 1. The number of halogens is 2. The highest BCUT2D eigenvalue weighted by molar-refractivity contribution is 5.85. The molecule has 4 rings (SSSR count). The molecular formula is C17H23Cl2N3. The molecule has 0 radical (unpaired) electrons. The van der Waals surface area contributed by atoms with Crippen molar-refractivity contribution in [2.75, 3.05) is 26.2 Å². The van der Waals surface area contributed by atoms with Crippen LogP contribution in [0.1, 0.15) is 11.3 Å². The summed E-state index contributed by atoms with van der Waals surface area (Å²) >= 11 is 0. The van der Waals surface area contributed by atoms with Crippen molar-refractivity contribution in [3.05, 3.63) is 41.6 Å². The molecule has 2 saturated heterocycles. The van der Waals surface area contributed by atoms with E-state index in [1.807, 2.05) is 0 Å². The zero-order valence-electron chi connectivity index (χ0n) is 12.8. The van der Waals surface area contributed by atoms with Crippen molar-refractivity contribution < 1.29 is 0 Å². The number of hydrogen-bond acceptors (Lipinski definition) is 3. The predicted molar refractivity (Wildman–Crippen MR) is 96.1 cm³/mol. The zero-order chi connectivity index (χ0) is 13.5. The van der Waals surface area contributed by atoms with E-state index in [9.17, 15) is 0 Å². The average Bonchev–Trinajstić information content (AvgIpc) is 2.99. The van der Waals surface area contributed by atoms with Crippen molar-refractivity contribution in [1.82, 2.24) is 15.2 Å². The number of likely N-dealkylation sites (tertiary alicyclic amines) is 1. The molecular weight excluding hydrogens is 317 g/mol. The van der Waals surface area contributed by atoms with Crippen LogP contribution in [0.25, 0.3) is 10.9 Å². The minimum atomic E-state index is 0. The Morgan fingerprint density at radius 1 is 1.14 bits per heavy atom. The Morgan fingerprint density at radius 3 is 2.55 bits per heavy atom. The van der Waals surface area contributed by atoms with E-state index in [1.165, 1.54) is 37.1 Å². The lowest BCUT2D eigenvalue weighted by Gasteiger charge is -2.18. The Bertz CT molecular complexity index is 635. The number of nitrogens with one attached hydrogen (secondary N) is 1. The summed E-state index contributed by atoms with van der Waals surface area (Å²) in [6, 6.07) is 10.8. The first-order chi connectivity index (χ1) is 9.79. The molecule has 0 saturated carbocycles. The van der Waals surface area contributed by atoms with Gasteiger partial charge in [0.1, 0.15) is 0 Å². The predicted octanol–water partition coefficient (Wildman–Crippen LogP) is 3.04. The molecule has 3 nitrogen and oxygen atoms in total. The summed E-state index contributed by atoms with van der Waals surface area (Å²) < 4.78 is 0. The lowest BCUT2D eigenvalue weighted by Crippen LogP contribution is -2.25. The van der Waals surface area contributed by atoms with Gasteiger partial charge in [-0.1, -0.05) is 18.2 Å². The Balaban J connectivity index is 0.000000882. The van der Waals surface area contributed by atoms with Gasteiger partial charge < -0.3 is 5.32 Å². The van der Waals surface area contributed by atoms with Crippen LogP contribution in [-0.4, -0.2) is 36.1 Å². The number of fused-ring (bicyclic) bond motifs is 2. The molecule has 1 aromatic heterocycles. The van der Waals surface area contributed by atoms with Crippen LogP contribution in [0.15, 0.2) is 30.3 Å². The second-order valence-electron chi connectivity index (χ2n) is 6.31. The van der Waals surface area contributed by atoms with E-state index in [2.05, 4.69) is 52.5 Å². The Hall–Kier alpha value is -0.870. The van der Waals surface area contributed by atoms with Gasteiger partial charge in [0.2, 0.25) is 0 Å². The number of rotatable bonds is 2. The first-order valence-electron chi connectivity index (χ1n) is 7.58. The summed E-state index contributed by atoms with van der Waals surface area (Å²) in [5.41, 5.74) is 3.68. The number of pyridine rings is 1. The van der Waals surface area contributed by atoms with Crippen LogP contribution in [0.4, 0.5) is 0 Å². The molecule has 3 heterocycles. The molecule has 5 heteroatoms. The standard InChI is InChI=1S/C17H21N3.2ClH/c1-12-6-13(16-4-2-3-5-17(16)19-12)9-20-10-14-7-18-8-15(14)11-20;;/h2-6,14-15,18H,7-11H2,1H3;2*1H/t14-,15+;;. The number of para-hydroxylation sites is 1. The summed E-state index contributed by atoms with van der Waals surface area (Å²) in [7, 11) is 0. The van der Waals surface area contributed by atoms with E-state index in [1.54, 1.807) is 0 Å². The SMILES string of the molecule is Cc1cc(CN2C[C@H]3CNC[C@H]3C2)c2ccccc2n1.Cl.Cl. The van der Waals surface area contributed by atoms with Crippen LogP contribution in [0, 0.1) is 18.8 Å². The highest BCUT2D eigenvalue weighted by Gasteiger charge is 2.35. The first-order valence-corrected chi connectivity index (χ1v) is 7.58. The molecule has 2 atom stereocenters. The second-order valence-corrected chi connectivity index (χ2v) is 6.31. The van der Waals surface area contributed by atoms with E-state index >= 15 is 0 Å². The van der Waals surface area contributed by atoms with Crippen LogP contribution >= 0.6 is 24.8 Å². The zero-order valence-corrected chi connectivity index (χ0v) is 14.4. The fraction of sp³-hybridized carbons (Fsp3) is 0.471. The van der Waals surface area contributed by atoms with Gasteiger partial charge in [0.25, 0.3) is 0 Å². The minimum Gasteiger partial charge on any atom is -0.316 e. The number of aryl methyl sites for hydroxylation is 1. The van der Waals surface area contributed by atoms with Gasteiger partial charge in [0.05, 0.1) is 5.52 Å². The Morgan fingerprint density at radius 2 is 1.82 bits per heavy atom. The molecule has 2 fully saturated rings. The van der Waals surface area contributed by atoms with Crippen LogP contribution in [-0.2, 0) is 6.54 Å². The third-order valence-corrected chi connectivity index (χ3v) is 4.79. The van der Waals surface area contributed by atoms with Crippen molar-refractivity contribution in [2.24, 2.45) is 11.8 Å². The number of benzene rings is 1. The third-order valence-electron chi connectivity index (χ3n) is 4.79. The van der Waals surface area contributed by atoms with Crippen LogP contribution < -0.4 is 5.32 Å². The fourth-order valence-corrected chi connectivity index (χ4v) is 3.85. The molecule has 0 unspecified atom stereocenters. The highest BCUT2D eigenvalue weighted by Crippen LogP contribution is 2.29. The molecule has 0 bridgehead atoms. The fourth-order valence-electron chi connectivity index (χ4n) is 3.85. The van der Waals surface area contributed by atoms with Crippen molar-refractivity contribution in [3.63, 3.8) is 0 Å². The van der Waals surface area contributed by atoms with Crippen molar-refractivity contribution in [1.29, 1.82) is 0 Å². The largest absolute Gasteiger partial charge is 0.316 e. The average molecular weight is 340 g/mol. The van der Waals surface area contributed by atoms with Crippen molar-refractivity contribution in [2.45, 2.75) is 13.5 Å². The van der Waals surface area contributed by atoms with E-state index in [0.717, 1.165) is 29.6 Å². The van der Waals surface area contributed by atoms with Gasteiger partial charge >= 0.3 is 0 Å². The molecule has 22 heavy (non-hydrogen) atoms. The Labute approximate surface area is 144 Å². The second kappa shape index (κ2) is 7.14. The van der Waals surface area contributed by atoms with E-state index in [4.69, 9.17) is 0 Å². The van der Waals surface area contributed by atoms with Gasteiger partial charge in [-0.3, -0.25) is 9.88 Å². The number of nitrogens with zero attached hydrogens (tertiary/aromatic N) is 2. The van der Waals surface area contributed by atoms with Gasteiger partial charge in [0.15, 0.2) is 0 Å². The van der Waals surface area contributed by atoms with E-state index in [-0.39, 0.29) is 24.8 Å². The summed E-state index contributed by atoms with van der Waals surface area (Å²) in [5.74, 6) is 1.73. The van der Waals surface area contributed by atoms with Crippen molar-refractivity contribution >= 4 is 35.7 Å². The lowest BCUT2D eigenvalue weighted by atomic mass is 10.0. The highest BCUT2D eigenvalue weighted by atomic mass is 35.5. The van der Waals surface area contributed by atoms with Gasteiger partial charge in [-0.25, -0.2) is 0 Å². The quantitative estimate of drug-likeness (QED) is 0.911. The smallest absolute Gasteiger partial charge is 0.0708 e. The Kier molecular flexibility index (Phi) is 5.67. The lowest BCUT2D eigenvalue weighted by molar-refractivity contribution is 0.306. The molecule has 1 N–H and O–H groups in total. The van der Waals surface area contributed by atoms with E-state index in [0.29, 0.717) is 0 Å². The first kappa shape index (κ1) is 17.5. The maximum absolute atomic E-state index is 4.64. The van der Waals surface area contributed by atoms with Crippen molar-refractivity contribution in [3.8, 4) is 0 Å². The van der Waals surface area contributed by atoms with Crippen LogP contribution in [0.3, 0.4) is 0 Å². The molecule has 120 valence electrons. The van der Waals surface area contributed by atoms with Gasteiger partial charge in [0, 0.05) is 30.7 Å². The summed E-state index contributed by atoms with van der Waals surface area (Å²) in [5, 5.41) is 4.82.